The second kappa shape index (κ2) is 15.3. The molecule has 0 aliphatic heterocycles. The Morgan fingerprint density at radius 1 is 0.941 bits per heavy atom. The van der Waals surface area contributed by atoms with E-state index in [1.54, 1.807) is 30.3 Å². The number of aliphatic hydroxyl groups excluding tert-OH is 1. The first-order chi connectivity index (χ1) is 16.1. The fraction of sp³-hybridized carbons (Fsp3) is 0.565. The fourth-order valence-electron chi connectivity index (χ4n) is 3.19. The van der Waals surface area contributed by atoms with Crippen molar-refractivity contribution in [1.82, 2.24) is 16.0 Å². The third-order valence-corrected chi connectivity index (χ3v) is 5.66. The third-order valence-electron chi connectivity index (χ3n) is 5.02. The quantitative estimate of drug-likeness (QED) is 0.195. The molecule has 0 aliphatic rings. The first kappa shape index (κ1) is 29.4. The number of carbonyl (C=O) groups is 4. The number of aliphatic hydroxyl groups is 1. The maximum absolute atomic E-state index is 12.8. The summed E-state index contributed by atoms with van der Waals surface area (Å²) in [4.78, 5) is 49.5. The summed E-state index contributed by atoms with van der Waals surface area (Å²) in [5.41, 5.74) is 6.61. The number of benzene rings is 1. The molecule has 0 saturated carbocycles. The van der Waals surface area contributed by atoms with Crippen molar-refractivity contribution in [3.8, 4) is 0 Å². The van der Waals surface area contributed by atoms with Gasteiger partial charge in [0.05, 0.1) is 12.6 Å². The highest BCUT2D eigenvalue weighted by atomic mass is 32.2. The van der Waals surface area contributed by atoms with E-state index in [2.05, 4.69) is 16.0 Å². The maximum atomic E-state index is 12.8. The predicted molar refractivity (Wildman–Crippen MR) is 131 cm³/mol. The van der Waals surface area contributed by atoms with Gasteiger partial charge in [-0.3, -0.25) is 14.4 Å². The molecule has 1 rings (SSSR count). The van der Waals surface area contributed by atoms with Crippen molar-refractivity contribution in [3.63, 3.8) is 0 Å². The summed E-state index contributed by atoms with van der Waals surface area (Å²) < 4.78 is 0. The van der Waals surface area contributed by atoms with Crippen molar-refractivity contribution >= 4 is 35.5 Å². The third kappa shape index (κ3) is 10.5. The van der Waals surface area contributed by atoms with Crippen molar-refractivity contribution in [2.24, 2.45) is 11.7 Å². The van der Waals surface area contributed by atoms with Gasteiger partial charge < -0.3 is 31.9 Å². The number of hydrogen-bond acceptors (Lipinski definition) is 7. The van der Waals surface area contributed by atoms with Crippen LogP contribution in [0.2, 0.25) is 0 Å². The summed E-state index contributed by atoms with van der Waals surface area (Å²) in [7, 11) is 0. The maximum Gasteiger partial charge on any atom is 0.326 e. The molecule has 0 fully saturated rings. The number of carboxylic acids is 1. The largest absolute Gasteiger partial charge is 0.480 e. The van der Waals surface area contributed by atoms with Gasteiger partial charge in [0.1, 0.15) is 18.1 Å². The number of amides is 3. The van der Waals surface area contributed by atoms with E-state index in [0.29, 0.717) is 24.2 Å². The minimum atomic E-state index is -1.39. The number of carbonyl (C=O) groups excluding carboxylic acids is 3. The van der Waals surface area contributed by atoms with Crippen molar-refractivity contribution in [1.29, 1.82) is 0 Å². The first-order valence-corrected chi connectivity index (χ1v) is 12.5. The molecule has 10 nitrogen and oxygen atoms in total. The molecule has 0 spiro atoms. The zero-order valence-electron chi connectivity index (χ0n) is 19.8. The van der Waals surface area contributed by atoms with Crippen LogP contribution in [-0.4, -0.2) is 76.7 Å². The topological polar surface area (TPSA) is 171 Å². The standard InChI is InChI=1S/C23H36N4O6S/c1-14(2)11-16(24)20(29)25-17(9-10-34-3)21(30)27-19(13-28)22(31)26-18(23(32)33)12-15-7-5-4-6-8-15/h4-8,14,16-19,28H,9-13,24H2,1-3H3,(H,25,29)(H,26,31)(H,27,30)(H,32,33). The van der Waals surface area contributed by atoms with E-state index in [0.717, 1.165) is 0 Å². The van der Waals surface area contributed by atoms with Crippen molar-refractivity contribution in [3.05, 3.63) is 35.9 Å². The molecule has 34 heavy (non-hydrogen) atoms. The van der Waals surface area contributed by atoms with Gasteiger partial charge in [0.25, 0.3) is 0 Å². The summed E-state index contributed by atoms with van der Waals surface area (Å²) in [5, 5.41) is 26.6. The summed E-state index contributed by atoms with van der Waals surface area (Å²) >= 11 is 1.48. The van der Waals surface area contributed by atoms with Gasteiger partial charge in [0.2, 0.25) is 17.7 Å². The van der Waals surface area contributed by atoms with Gasteiger partial charge in [0, 0.05) is 6.42 Å². The number of rotatable bonds is 15. The van der Waals surface area contributed by atoms with Crippen LogP contribution >= 0.6 is 11.8 Å². The Morgan fingerprint density at radius 3 is 2.03 bits per heavy atom. The molecule has 0 aromatic heterocycles. The molecule has 0 heterocycles. The molecule has 3 amide bonds. The summed E-state index contributed by atoms with van der Waals surface area (Å²) in [6.45, 7) is 3.11. The van der Waals surface area contributed by atoms with Crippen LogP contribution < -0.4 is 21.7 Å². The number of hydrogen-bond donors (Lipinski definition) is 6. The van der Waals surface area contributed by atoms with Crippen molar-refractivity contribution in [2.45, 2.75) is 57.3 Å². The van der Waals surface area contributed by atoms with Crippen LogP contribution in [-0.2, 0) is 25.6 Å². The van der Waals surface area contributed by atoms with Crippen LogP contribution in [0.4, 0.5) is 0 Å². The van der Waals surface area contributed by atoms with E-state index in [-0.39, 0.29) is 12.3 Å². The summed E-state index contributed by atoms with van der Waals surface area (Å²) in [5.74, 6) is -2.47. The van der Waals surface area contributed by atoms with E-state index in [1.807, 2.05) is 20.1 Å². The highest BCUT2D eigenvalue weighted by Crippen LogP contribution is 2.07. The van der Waals surface area contributed by atoms with Gasteiger partial charge in [-0.05, 0) is 36.3 Å². The highest BCUT2D eigenvalue weighted by molar-refractivity contribution is 7.98. The van der Waals surface area contributed by atoms with Crippen LogP contribution in [0.25, 0.3) is 0 Å². The number of aliphatic carboxylic acids is 1. The second-order valence-electron chi connectivity index (χ2n) is 8.41. The lowest BCUT2D eigenvalue weighted by Gasteiger charge is -2.24. The van der Waals surface area contributed by atoms with Crippen LogP contribution in [0.3, 0.4) is 0 Å². The Kier molecular flexibility index (Phi) is 13.2. The molecule has 0 bridgehead atoms. The van der Waals surface area contributed by atoms with E-state index in [4.69, 9.17) is 5.73 Å². The van der Waals surface area contributed by atoms with Crippen LogP contribution in [0.5, 0.6) is 0 Å². The second-order valence-corrected chi connectivity index (χ2v) is 9.40. The Hall–Kier alpha value is -2.63. The van der Waals surface area contributed by atoms with Gasteiger partial charge in [-0.15, -0.1) is 0 Å². The molecule has 0 radical (unpaired) electrons. The Balaban J connectivity index is 2.84. The van der Waals surface area contributed by atoms with E-state index < -0.39 is 54.5 Å². The lowest BCUT2D eigenvalue weighted by molar-refractivity contribution is -0.142. The fourth-order valence-corrected chi connectivity index (χ4v) is 3.66. The zero-order valence-corrected chi connectivity index (χ0v) is 20.6. The lowest BCUT2D eigenvalue weighted by atomic mass is 10.0. The van der Waals surface area contributed by atoms with E-state index >= 15 is 0 Å². The monoisotopic (exact) mass is 496 g/mol. The average molecular weight is 497 g/mol. The van der Waals surface area contributed by atoms with Gasteiger partial charge in [-0.25, -0.2) is 4.79 Å². The number of thioether (sulfide) groups is 1. The van der Waals surface area contributed by atoms with Crippen molar-refractivity contribution < 1.29 is 29.4 Å². The molecule has 0 saturated heterocycles. The minimum absolute atomic E-state index is 0.0359. The molecule has 7 N–H and O–H groups in total. The van der Waals surface area contributed by atoms with Crippen LogP contribution in [0, 0.1) is 5.92 Å². The SMILES string of the molecule is CSCCC(NC(=O)C(N)CC(C)C)C(=O)NC(CO)C(=O)NC(Cc1ccccc1)C(=O)O. The normalized spacial score (nSPS) is 14.5. The van der Waals surface area contributed by atoms with Crippen molar-refractivity contribution in [2.75, 3.05) is 18.6 Å². The Morgan fingerprint density at radius 2 is 1.50 bits per heavy atom. The molecule has 11 heteroatoms. The lowest BCUT2D eigenvalue weighted by Crippen LogP contribution is -2.58. The van der Waals surface area contributed by atoms with Crippen LogP contribution in [0.1, 0.15) is 32.3 Å². The Labute approximate surface area is 204 Å². The number of nitrogens with two attached hydrogens (primary N) is 1. The highest BCUT2D eigenvalue weighted by Gasteiger charge is 2.30. The summed E-state index contributed by atoms with van der Waals surface area (Å²) in [6, 6.07) is 4.39. The molecule has 190 valence electrons. The van der Waals surface area contributed by atoms with Gasteiger partial charge in [0.15, 0.2) is 0 Å². The van der Waals surface area contributed by atoms with E-state index in [9.17, 15) is 29.4 Å². The molecular weight excluding hydrogens is 460 g/mol. The predicted octanol–water partition coefficient (Wildman–Crippen LogP) is -0.113. The zero-order chi connectivity index (χ0) is 25.7. The van der Waals surface area contributed by atoms with Crippen LogP contribution in [0.15, 0.2) is 30.3 Å². The molecule has 1 aromatic rings. The van der Waals surface area contributed by atoms with Gasteiger partial charge >= 0.3 is 5.97 Å². The minimum Gasteiger partial charge on any atom is -0.480 e. The average Bonchev–Trinajstić information content (AvgIpc) is 2.79. The van der Waals surface area contributed by atoms with Gasteiger partial charge in [-0.1, -0.05) is 44.2 Å². The molecule has 0 aliphatic carbocycles. The molecule has 4 unspecified atom stereocenters. The molecular formula is C23H36N4O6S. The number of nitrogens with one attached hydrogen (secondary N) is 3. The number of carboxylic acid groups (broad SMARTS) is 1. The Bertz CT molecular complexity index is 808. The smallest absolute Gasteiger partial charge is 0.326 e. The first-order valence-electron chi connectivity index (χ1n) is 11.1. The summed E-state index contributed by atoms with van der Waals surface area (Å²) in [6.07, 6.45) is 2.62. The van der Waals surface area contributed by atoms with Gasteiger partial charge in [-0.2, -0.15) is 11.8 Å². The molecule has 1 aromatic carbocycles. The van der Waals surface area contributed by atoms with E-state index in [1.165, 1.54) is 11.8 Å². The molecule has 4 atom stereocenters.